The van der Waals surface area contributed by atoms with Crippen LogP contribution in [0.2, 0.25) is 0 Å². The molecule has 1 aliphatic carbocycles. The molecule has 0 spiro atoms. The molecule has 0 aromatic carbocycles. The van der Waals surface area contributed by atoms with E-state index in [1.54, 1.807) is 6.07 Å². The topological polar surface area (TPSA) is 119 Å². The van der Waals surface area contributed by atoms with Crippen LogP contribution in [0, 0.1) is 0 Å². The Kier molecular flexibility index (Phi) is 4.92. The van der Waals surface area contributed by atoms with Gasteiger partial charge in [-0.1, -0.05) is 0 Å². The fourth-order valence-electron chi connectivity index (χ4n) is 2.45. The predicted molar refractivity (Wildman–Crippen MR) is 89.4 cm³/mol. The highest BCUT2D eigenvalue weighted by Crippen LogP contribution is 2.38. The first-order valence-electron chi connectivity index (χ1n) is 8.17. The van der Waals surface area contributed by atoms with E-state index in [1.807, 2.05) is 0 Å². The Labute approximate surface area is 142 Å². The molecule has 3 rings (SSSR count). The summed E-state index contributed by atoms with van der Waals surface area (Å²) < 4.78 is 2.62. The van der Waals surface area contributed by atoms with Gasteiger partial charge < -0.3 is 9.88 Å². The SMILES string of the molecule is O=C(CCn1ccc(=O)[nH]c1=O)NCCn1nc(C2CC2)ccc1=O. The molecule has 9 nitrogen and oxygen atoms in total. The molecular weight excluding hydrogens is 326 g/mol. The van der Waals surface area contributed by atoms with Crippen LogP contribution in [0.4, 0.5) is 0 Å². The summed E-state index contributed by atoms with van der Waals surface area (Å²) in [5.74, 6) is 0.210. The summed E-state index contributed by atoms with van der Waals surface area (Å²) >= 11 is 0. The first-order valence-corrected chi connectivity index (χ1v) is 8.17. The van der Waals surface area contributed by atoms with Crippen molar-refractivity contribution in [1.82, 2.24) is 24.6 Å². The maximum absolute atomic E-state index is 11.8. The molecule has 2 aromatic heterocycles. The van der Waals surface area contributed by atoms with Gasteiger partial charge in [0, 0.05) is 43.8 Å². The largest absolute Gasteiger partial charge is 0.354 e. The average molecular weight is 345 g/mol. The summed E-state index contributed by atoms with van der Waals surface area (Å²) in [4.78, 5) is 48.2. The summed E-state index contributed by atoms with van der Waals surface area (Å²) in [6, 6.07) is 4.49. The molecule has 1 fully saturated rings. The van der Waals surface area contributed by atoms with Crippen molar-refractivity contribution in [1.29, 1.82) is 0 Å². The van der Waals surface area contributed by atoms with Gasteiger partial charge in [-0.25, -0.2) is 9.48 Å². The van der Waals surface area contributed by atoms with Crippen molar-refractivity contribution in [2.75, 3.05) is 6.54 Å². The maximum atomic E-state index is 11.8. The monoisotopic (exact) mass is 345 g/mol. The van der Waals surface area contributed by atoms with Gasteiger partial charge in [0.1, 0.15) is 0 Å². The quantitative estimate of drug-likeness (QED) is 0.679. The molecule has 0 bridgehead atoms. The molecule has 1 aliphatic rings. The number of nitrogens with zero attached hydrogens (tertiary/aromatic N) is 3. The lowest BCUT2D eigenvalue weighted by atomic mass is 10.3. The van der Waals surface area contributed by atoms with Gasteiger partial charge >= 0.3 is 5.69 Å². The number of nitrogens with one attached hydrogen (secondary N) is 2. The smallest absolute Gasteiger partial charge is 0.328 e. The molecule has 132 valence electrons. The minimum absolute atomic E-state index is 0.0936. The Hall–Kier alpha value is -2.97. The van der Waals surface area contributed by atoms with Gasteiger partial charge in [0.25, 0.3) is 11.1 Å². The molecule has 9 heteroatoms. The van der Waals surface area contributed by atoms with Crippen molar-refractivity contribution in [3.63, 3.8) is 0 Å². The zero-order valence-corrected chi connectivity index (χ0v) is 13.6. The molecule has 2 aromatic rings. The number of aromatic nitrogens is 4. The van der Waals surface area contributed by atoms with Crippen LogP contribution in [-0.2, 0) is 17.9 Å². The number of rotatable bonds is 7. The Bertz CT molecular complexity index is 938. The predicted octanol–water partition coefficient (Wildman–Crippen LogP) is -0.823. The van der Waals surface area contributed by atoms with Crippen LogP contribution in [0.25, 0.3) is 0 Å². The van der Waals surface area contributed by atoms with Crippen LogP contribution in [0.5, 0.6) is 0 Å². The highest BCUT2D eigenvalue weighted by atomic mass is 16.2. The summed E-state index contributed by atoms with van der Waals surface area (Å²) in [7, 11) is 0. The molecule has 0 saturated heterocycles. The zero-order valence-electron chi connectivity index (χ0n) is 13.6. The molecule has 1 saturated carbocycles. The number of hydrogen-bond acceptors (Lipinski definition) is 5. The second-order valence-electron chi connectivity index (χ2n) is 6.00. The standard InChI is InChI=1S/C16H19N5O4/c22-13(5-8-20-9-6-14(23)18-16(20)25)17-7-10-21-15(24)4-3-12(19-21)11-1-2-11/h3-4,6,9,11H,1-2,5,7-8,10H2,(H,17,22)(H,18,23,25). The highest BCUT2D eigenvalue weighted by molar-refractivity contribution is 5.75. The maximum Gasteiger partial charge on any atom is 0.328 e. The van der Waals surface area contributed by atoms with E-state index in [-0.39, 0.29) is 31.0 Å². The van der Waals surface area contributed by atoms with Gasteiger partial charge in [-0.2, -0.15) is 5.10 Å². The van der Waals surface area contributed by atoms with E-state index < -0.39 is 11.2 Å². The first-order chi connectivity index (χ1) is 12.0. The average Bonchev–Trinajstić information content (AvgIpc) is 3.41. The van der Waals surface area contributed by atoms with Crippen molar-refractivity contribution >= 4 is 5.91 Å². The van der Waals surface area contributed by atoms with Crippen molar-refractivity contribution in [3.8, 4) is 0 Å². The summed E-state index contributed by atoms with van der Waals surface area (Å²) in [5, 5.41) is 7.02. The van der Waals surface area contributed by atoms with Gasteiger partial charge in [0.15, 0.2) is 0 Å². The Balaban J connectivity index is 1.48. The molecule has 2 heterocycles. The summed E-state index contributed by atoms with van der Waals surface area (Å²) in [6.45, 7) is 0.737. The van der Waals surface area contributed by atoms with E-state index in [0.717, 1.165) is 18.5 Å². The molecule has 1 amide bonds. The lowest BCUT2D eigenvalue weighted by Gasteiger charge is -2.08. The van der Waals surface area contributed by atoms with Crippen molar-refractivity contribution in [2.45, 2.75) is 38.3 Å². The normalized spacial score (nSPS) is 13.6. The summed E-state index contributed by atoms with van der Waals surface area (Å²) in [5.41, 5.74) is -0.299. The minimum atomic E-state index is -0.548. The van der Waals surface area contributed by atoms with Crippen LogP contribution in [-0.4, -0.2) is 31.8 Å². The van der Waals surface area contributed by atoms with Gasteiger partial charge in [0.2, 0.25) is 5.91 Å². The zero-order chi connectivity index (χ0) is 17.8. The lowest BCUT2D eigenvalue weighted by Crippen LogP contribution is -2.34. The van der Waals surface area contributed by atoms with E-state index in [9.17, 15) is 19.2 Å². The fourth-order valence-corrected chi connectivity index (χ4v) is 2.45. The minimum Gasteiger partial charge on any atom is -0.354 e. The van der Waals surface area contributed by atoms with Crippen LogP contribution < -0.4 is 22.1 Å². The number of aryl methyl sites for hydroxylation is 1. The van der Waals surface area contributed by atoms with Crippen molar-refractivity contribution < 1.29 is 4.79 Å². The van der Waals surface area contributed by atoms with Crippen molar-refractivity contribution in [2.24, 2.45) is 0 Å². The third kappa shape index (κ3) is 4.52. The number of H-pyrrole nitrogens is 1. The molecule has 2 N–H and O–H groups in total. The number of aromatic amines is 1. The van der Waals surface area contributed by atoms with E-state index in [0.29, 0.717) is 12.5 Å². The van der Waals surface area contributed by atoms with E-state index in [2.05, 4.69) is 15.4 Å². The number of carbonyl (C=O) groups is 1. The lowest BCUT2D eigenvalue weighted by molar-refractivity contribution is -0.121. The van der Waals surface area contributed by atoms with Crippen LogP contribution in [0.15, 0.2) is 38.8 Å². The highest BCUT2D eigenvalue weighted by Gasteiger charge is 2.25. The van der Waals surface area contributed by atoms with Gasteiger partial charge in [-0.05, 0) is 18.9 Å². The van der Waals surface area contributed by atoms with E-state index in [1.165, 1.54) is 27.6 Å². The van der Waals surface area contributed by atoms with Gasteiger partial charge in [-0.3, -0.25) is 19.4 Å². The van der Waals surface area contributed by atoms with Crippen LogP contribution in [0.1, 0.15) is 30.9 Å². The number of amides is 1. The molecule has 0 unspecified atom stereocenters. The molecule has 0 atom stereocenters. The first kappa shape index (κ1) is 16.9. The second kappa shape index (κ2) is 7.29. The third-order valence-electron chi connectivity index (χ3n) is 4.01. The van der Waals surface area contributed by atoms with Crippen LogP contribution in [0.3, 0.4) is 0 Å². The molecule has 0 radical (unpaired) electrons. The van der Waals surface area contributed by atoms with Gasteiger partial charge in [-0.15, -0.1) is 0 Å². The Morgan fingerprint density at radius 2 is 2.00 bits per heavy atom. The van der Waals surface area contributed by atoms with E-state index >= 15 is 0 Å². The van der Waals surface area contributed by atoms with Crippen LogP contribution >= 0.6 is 0 Å². The Morgan fingerprint density at radius 1 is 1.20 bits per heavy atom. The number of hydrogen-bond donors (Lipinski definition) is 2. The second-order valence-corrected chi connectivity index (χ2v) is 6.00. The fraction of sp³-hybridized carbons (Fsp3) is 0.438. The van der Waals surface area contributed by atoms with Crippen molar-refractivity contribution in [3.05, 3.63) is 61.3 Å². The number of carbonyl (C=O) groups excluding carboxylic acids is 1. The molecular formula is C16H19N5O4. The molecule has 0 aliphatic heterocycles. The summed E-state index contributed by atoms with van der Waals surface area (Å²) in [6.07, 6.45) is 3.65. The third-order valence-corrected chi connectivity index (χ3v) is 4.01. The van der Waals surface area contributed by atoms with E-state index in [4.69, 9.17) is 0 Å². The van der Waals surface area contributed by atoms with Gasteiger partial charge in [0.05, 0.1) is 12.2 Å². The Morgan fingerprint density at radius 3 is 2.72 bits per heavy atom. The molecule has 25 heavy (non-hydrogen) atoms.